The molecule has 1 saturated carbocycles. The first-order chi connectivity index (χ1) is 6.13. The lowest BCUT2D eigenvalue weighted by Gasteiger charge is -2.21. The first-order valence-electron chi connectivity index (χ1n) is 5.55. The summed E-state index contributed by atoms with van der Waals surface area (Å²) >= 11 is 0. The van der Waals surface area contributed by atoms with Gasteiger partial charge in [0.25, 0.3) is 0 Å². The Morgan fingerprint density at radius 1 is 1.54 bits per heavy atom. The quantitative estimate of drug-likeness (QED) is 0.674. The fraction of sp³-hybridized carbons (Fsp3) is 1.00. The van der Waals surface area contributed by atoms with Crippen molar-refractivity contribution in [1.29, 1.82) is 0 Å². The predicted octanol–water partition coefficient (Wildman–Crippen LogP) is 1.57. The number of likely N-dealkylation sites (N-methyl/N-ethyl adjacent to an activating group) is 2. The zero-order chi connectivity index (χ0) is 9.84. The molecule has 0 aromatic carbocycles. The molecule has 1 N–H and O–H groups in total. The van der Waals surface area contributed by atoms with Crippen molar-refractivity contribution in [2.75, 3.05) is 26.7 Å². The van der Waals surface area contributed by atoms with E-state index in [1.165, 1.54) is 19.5 Å². The van der Waals surface area contributed by atoms with Gasteiger partial charge >= 0.3 is 0 Å². The Balaban J connectivity index is 2.06. The van der Waals surface area contributed by atoms with Gasteiger partial charge in [0.05, 0.1) is 0 Å². The summed E-state index contributed by atoms with van der Waals surface area (Å²) in [6, 6.07) is 0.629. The molecular weight excluding hydrogens is 160 g/mol. The van der Waals surface area contributed by atoms with Gasteiger partial charge in [0.2, 0.25) is 0 Å². The molecule has 1 rings (SSSR count). The van der Waals surface area contributed by atoms with Crippen LogP contribution in [0.25, 0.3) is 0 Å². The van der Waals surface area contributed by atoms with Crippen molar-refractivity contribution in [3.05, 3.63) is 0 Å². The fourth-order valence-corrected chi connectivity index (χ4v) is 2.01. The summed E-state index contributed by atoms with van der Waals surface area (Å²) in [5.74, 6) is 1.97. The number of nitrogens with one attached hydrogen (secondary N) is 1. The van der Waals surface area contributed by atoms with E-state index in [2.05, 4.69) is 38.0 Å². The molecule has 13 heavy (non-hydrogen) atoms. The van der Waals surface area contributed by atoms with Crippen LogP contribution in [0.3, 0.4) is 0 Å². The molecule has 0 radical (unpaired) electrons. The van der Waals surface area contributed by atoms with Gasteiger partial charge < -0.3 is 10.2 Å². The van der Waals surface area contributed by atoms with E-state index >= 15 is 0 Å². The van der Waals surface area contributed by atoms with Crippen LogP contribution in [0.2, 0.25) is 0 Å². The standard InChI is InChI=1S/C11H24N2/c1-5-12-10(3)7-13(4)8-11-6-9(11)2/h9-12H,5-8H2,1-4H3. The summed E-state index contributed by atoms with van der Waals surface area (Å²) in [6.07, 6.45) is 1.44. The van der Waals surface area contributed by atoms with Gasteiger partial charge in [0, 0.05) is 19.1 Å². The van der Waals surface area contributed by atoms with Crippen LogP contribution in [-0.2, 0) is 0 Å². The molecule has 0 aromatic rings. The van der Waals surface area contributed by atoms with Gasteiger partial charge in [-0.1, -0.05) is 13.8 Å². The van der Waals surface area contributed by atoms with Crippen LogP contribution >= 0.6 is 0 Å². The molecule has 1 fully saturated rings. The highest BCUT2D eigenvalue weighted by Gasteiger charge is 2.33. The van der Waals surface area contributed by atoms with Gasteiger partial charge in [-0.2, -0.15) is 0 Å². The van der Waals surface area contributed by atoms with E-state index in [4.69, 9.17) is 0 Å². The van der Waals surface area contributed by atoms with Crippen LogP contribution in [0.4, 0.5) is 0 Å². The zero-order valence-corrected chi connectivity index (χ0v) is 9.51. The molecule has 0 amide bonds. The molecule has 0 bridgehead atoms. The third-order valence-corrected chi connectivity index (χ3v) is 2.96. The van der Waals surface area contributed by atoms with Gasteiger partial charge in [0.1, 0.15) is 0 Å². The molecular formula is C11H24N2. The maximum atomic E-state index is 3.44. The van der Waals surface area contributed by atoms with Crippen LogP contribution in [0, 0.1) is 11.8 Å². The van der Waals surface area contributed by atoms with Gasteiger partial charge in [-0.25, -0.2) is 0 Å². The van der Waals surface area contributed by atoms with E-state index in [9.17, 15) is 0 Å². The third kappa shape index (κ3) is 4.10. The number of nitrogens with zero attached hydrogens (tertiary/aromatic N) is 1. The van der Waals surface area contributed by atoms with Crippen LogP contribution in [0.15, 0.2) is 0 Å². The fourth-order valence-electron chi connectivity index (χ4n) is 2.01. The molecule has 1 aliphatic carbocycles. The van der Waals surface area contributed by atoms with E-state index in [1.54, 1.807) is 0 Å². The second kappa shape index (κ2) is 4.97. The first kappa shape index (κ1) is 11.0. The average molecular weight is 184 g/mol. The second-order valence-electron chi connectivity index (χ2n) is 4.65. The Morgan fingerprint density at radius 3 is 2.62 bits per heavy atom. The minimum Gasteiger partial charge on any atom is -0.313 e. The Labute approximate surface area is 82.7 Å². The monoisotopic (exact) mass is 184 g/mol. The van der Waals surface area contributed by atoms with Crippen molar-refractivity contribution in [3.63, 3.8) is 0 Å². The van der Waals surface area contributed by atoms with Gasteiger partial charge in [-0.3, -0.25) is 0 Å². The second-order valence-corrected chi connectivity index (χ2v) is 4.65. The van der Waals surface area contributed by atoms with Crippen molar-refractivity contribution < 1.29 is 0 Å². The van der Waals surface area contributed by atoms with Crippen molar-refractivity contribution in [1.82, 2.24) is 10.2 Å². The number of hydrogen-bond donors (Lipinski definition) is 1. The molecule has 0 spiro atoms. The van der Waals surface area contributed by atoms with Crippen LogP contribution in [0.5, 0.6) is 0 Å². The van der Waals surface area contributed by atoms with Gasteiger partial charge in [-0.15, -0.1) is 0 Å². The Bertz CT molecular complexity index is 147. The average Bonchev–Trinajstić information content (AvgIpc) is 2.65. The molecule has 1 aliphatic rings. The van der Waals surface area contributed by atoms with Gasteiger partial charge in [-0.05, 0) is 38.8 Å². The van der Waals surface area contributed by atoms with E-state index in [0.717, 1.165) is 18.4 Å². The topological polar surface area (TPSA) is 15.3 Å². The SMILES string of the molecule is CCNC(C)CN(C)CC1CC1C. The molecule has 3 atom stereocenters. The molecule has 78 valence electrons. The summed E-state index contributed by atoms with van der Waals surface area (Å²) in [4.78, 5) is 2.46. The van der Waals surface area contributed by atoms with Crippen LogP contribution < -0.4 is 5.32 Å². The number of hydrogen-bond acceptors (Lipinski definition) is 2. The Hall–Kier alpha value is -0.0800. The molecule has 0 heterocycles. The zero-order valence-electron chi connectivity index (χ0n) is 9.51. The predicted molar refractivity (Wildman–Crippen MR) is 57.9 cm³/mol. The largest absolute Gasteiger partial charge is 0.313 e. The summed E-state index contributed by atoms with van der Waals surface area (Å²) < 4.78 is 0. The lowest BCUT2D eigenvalue weighted by molar-refractivity contribution is 0.284. The Morgan fingerprint density at radius 2 is 2.15 bits per heavy atom. The molecule has 0 aromatic heterocycles. The highest BCUT2D eigenvalue weighted by molar-refractivity contribution is 4.84. The molecule has 0 aliphatic heterocycles. The molecule has 2 heteroatoms. The van der Waals surface area contributed by atoms with Gasteiger partial charge in [0.15, 0.2) is 0 Å². The highest BCUT2D eigenvalue weighted by atomic mass is 15.1. The first-order valence-corrected chi connectivity index (χ1v) is 5.55. The minimum absolute atomic E-state index is 0.629. The number of rotatable bonds is 6. The van der Waals surface area contributed by atoms with E-state index < -0.39 is 0 Å². The maximum absolute atomic E-state index is 3.44. The smallest absolute Gasteiger partial charge is 0.0166 e. The normalized spacial score (nSPS) is 29.3. The van der Waals surface area contributed by atoms with Crippen molar-refractivity contribution in [3.8, 4) is 0 Å². The molecule has 3 unspecified atom stereocenters. The van der Waals surface area contributed by atoms with Crippen molar-refractivity contribution in [2.45, 2.75) is 33.2 Å². The lowest BCUT2D eigenvalue weighted by Crippen LogP contribution is -2.38. The van der Waals surface area contributed by atoms with Crippen LogP contribution in [0.1, 0.15) is 27.2 Å². The summed E-state index contributed by atoms with van der Waals surface area (Å²) in [5.41, 5.74) is 0. The Kier molecular flexibility index (Phi) is 4.20. The van der Waals surface area contributed by atoms with Crippen molar-refractivity contribution >= 4 is 0 Å². The van der Waals surface area contributed by atoms with E-state index in [1.807, 2.05) is 0 Å². The summed E-state index contributed by atoms with van der Waals surface area (Å²) in [5, 5.41) is 3.44. The highest BCUT2D eigenvalue weighted by Crippen LogP contribution is 2.37. The molecule has 0 saturated heterocycles. The van der Waals surface area contributed by atoms with E-state index in [0.29, 0.717) is 6.04 Å². The maximum Gasteiger partial charge on any atom is 0.0166 e. The summed E-state index contributed by atoms with van der Waals surface area (Å²) in [6.45, 7) is 10.3. The third-order valence-electron chi connectivity index (χ3n) is 2.96. The van der Waals surface area contributed by atoms with E-state index in [-0.39, 0.29) is 0 Å². The lowest BCUT2D eigenvalue weighted by atomic mass is 10.2. The molecule has 2 nitrogen and oxygen atoms in total. The van der Waals surface area contributed by atoms with Crippen LogP contribution in [-0.4, -0.2) is 37.6 Å². The summed E-state index contributed by atoms with van der Waals surface area (Å²) in [7, 11) is 2.24. The minimum atomic E-state index is 0.629. The van der Waals surface area contributed by atoms with Crippen molar-refractivity contribution in [2.24, 2.45) is 11.8 Å².